The molecule has 102 valence electrons. The smallest absolute Gasteiger partial charge is 0.341 e. The molecule has 0 saturated heterocycles. The summed E-state index contributed by atoms with van der Waals surface area (Å²) in [6.45, 7) is 1.94. The molecular weight excluding hydrogens is 255 g/mol. The number of nitrogens with two attached hydrogens (primary N) is 1. The zero-order valence-electron chi connectivity index (χ0n) is 10.3. The molecule has 1 heterocycles. The van der Waals surface area contributed by atoms with Gasteiger partial charge in [-0.25, -0.2) is 4.98 Å². The fourth-order valence-corrected chi connectivity index (χ4v) is 1.70. The van der Waals surface area contributed by atoms with Gasteiger partial charge >= 0.3 is 6.18 Å². The minimum Gasteiger partial charge on any atom is -0.341 e. The number of hydrogen-bond acceptors (Lipinski definition) is 2. The van der Waals surface area contributed by atoms with Crippen molar-refractivity contribution in [3.05, 3.63) is 41.9 Å². The summed E-state index contributed by atoms with van der Waals surface area (Å²) in [6, 6.07) is 4.74. The van der Waals surface area contributed by atoms with Crippen LogP contribution in [0.4, 0.5) is 13.2 Å². The molecule has 1 aromatic carbocycles. The first kappa shape index (κ1) is 13.6. The normalized spacial score (nSPS) is 13.5. The zero-order valence-corrected chi connectivity index (χ0v) is 10.3. The summed E-state index contributed by atoms with van der Waals surface area (Å²) >= 11 is 0. The molecule has 3 N–H and O–H groups in total. The second-order valence-corrected chi connectivity index (χ2v) is 4.27. The van der Waals surface area contributed by atoms with E-state index in [2.05, 4.69) is 9.97 Å². The van der Waals surface area contributed by atoms with E-state index >= 15 is 0 Å². The van der Waals surface area contributed by atoms with E-state index in [1.165, 1.54) is 12.1 Å². The van der Waals surface area contributed by atoms with E-state index in [1.54, 1.807) is 6.20 Å². The van der Waals surface area contributed by atoms with E-state index in [-0.39, 0.29) is 6.04 Å². The summed E-state index contributed by atoms with van der Waals surface area (Å²) in [6.07, 6.45) is -2.00. The van der Waals surface area contributed by atoms with Gasteiger partial charge in [-0.1, -0.05) is 19.1 Å². The molecular formula is C13H14F3N3. The number of hydrogen-bond donors (Lipinski definition) is 2. The molecule has 0 bridgehead atoms. The third-order valence-electron chi connectivity index (χ3n) is 2.91. The first-order valence-electron chi connectivity index (χ1n) is 5.90. The van der Waals surface area contributed by atoms with E-state index in [9.17, 15) is 13.2 Å². The van der Waals surface area contributed by atoms with Gasteiger partial charge in [-0.2, -0.15) is 13.2 Å². The Bertz CT molecular complexity index is 543. The van der Waals surface area contributed by atoms with Gasteiger partial charge in [0.05, 0.1) is 23.5 Å². The number of alkyl halides is 3. The largest absolute Gasteiger partial charge is 0.416 e. The molecule has 0 aliphatic heterocycles. The second kappa shape index (κ2) is 5.05. The maximum Gasteiger partial charge on any atom is 0.416 e. The molecule has 2 aromatic rings. The first-order chi connectivity index (χ1) is 8.91. The van der Waals surface area contributed by atoms with Gasteiger partial charge in [-0.05, 0) is 24.1 Å². The summed E-state index contributed by atoms with van der Waals surface area (Å²) < 4.78 is 37.3. The molecule has 0 radical (unpaired) electrons. The topological polar surface area (TPSA) is 54.7 Å². The quantitative estimate of drug-likeness (QED) is 0.895. The summed E-state index contributed by atoms with van der Waals surface area (Å²) in [5, 5.41) is 0. The standard InChI is InChI=1S/C13H14F3N3/c1-2-10(17)12-18-7-11(19-12)8-3-5-9(6-4-8)13(14,15)16/h3-7,10H,2,17H2,1H3,(H,18,19). The third-order valence-corrected chi connectivity index (χ3v) is 2.91. The molecule has 19 heavy (non-hydrogen) atoms. The lowest BCUT2D eigenvalue weighted by Crippen LogP contribution is -2.10. The molecule has 6 heteroatoms. The van der Waals surface area contributed by atoms with Crippen LogP contribution in [-0.4, -0.2) is 9.97 Å². The molecule has 1 unspecified atom stereocenters. The highest BCUT2D eigenvalue weighted by molar-refractivity contribution is 5.59. The maximum atomic E-state index is 12.4. The van der Waals surface area contributed by atoms with Crippen LogP contribution in [0.3, 0.4) is 0 Å². The van der Waals surface area contributed by atoms with Gasteiger partial charge in [0.1, 0.15) is 5.82 Å². The van der Waals surface area contributed by atoms with E-state index in [4.69, 9.17) is 5.73 Å². The van der Waals surface area contributed by atoms with E-state index < -0.39 is 11.7 Å². The third kappa shape index (κ3) is 2.96. The number of nitrogens with one attached hydrogen (secondary N) is 1. The van der Waals surface area contributed by atoms with Crippen molar-refractivity contribution < 1.29 is 13.2 Å². The van der Waals surface area contributed by atoms with Crippen molar-refractivity contribution in [2.45, 2.75) is 25.6 Å². The van der Waals surface area contributed by atoms with Crippen LogP contribution in [0.15, 0.2) is 30.5 Å². The van der Waals surface area contributed by atoms with E-state index in [0.29, 0.717) is 17.1 Å². The number of rotatable bonds is 3. The number of aromatic nitrogens is 2. The van der Waals surface area contributed by atoms with Gasteiger partial charge < -0.3 is 10.7 Å². The average Bonchev–Trinajstić information content (AvgIpc) is 2.86. The van der Waals surface area contributed by atoms with Crippen molar-refractivity contribution in [1.29, 1.82) is 0 Å². The molecule has 0 spiro atoms. The van der Waals surface area contributed by atoms with Crippen molar-refractivity contribution in [2.75, 3.05) is 0 Å². The Hall–Kier alpha value is -1.82. The van der Waals surface area contributed by atoms with Crippen LogP contribution in [-0.2, 0) is 6.18 Å². The molecule has 0 aliphatic rings. The number of nitrogens with zero attached hydrogens (tertiary/aromatic N) is 1. The number of halogens is 3. The predicted octanol–water partition coefficient (Wildman–Crippen LogP) is 3.51. The number of benzene rings is 1. The van der Waals surface area contributed by atoms with Gasteiger partial charge in [0.25, 0.3) is 0 Å². The Kier molecular flexibility index (Phi) is 3.61. The second-order valence-electron chi connectivity index (χ2n) is 4.27. The highest BCUT2D eigenvalue weighted by Gasteiger charge is 2.30. The van der Waals surface area contributed by atoms with Crippen LogP contribution < -0.4 is 5.73 Å². The summed E-state index contributed by atoms with van der Waals surface area (Å²) in [7, 11) is 0. The Morgan fingerprint density at radius 1 is 1.26 bits per heavy atom. The highest BCUT2D eigenvalue weighted by Crippen LogP contribution is 2.30. The van der Waals surface area contributed by atoms with Gasteiger partial charge in [-0.15, -0.1) is 0 Å². The minimum absolute atomic E-state index is 0.191. The fraction of sp³-hybridized carbons (Fsp3) is 0.308. The van der Waals surface area contributed by atoms with Gasteiger partial charge in [0.15, 0.2) is 0 Å². The van der Waals surface area contributed by atoms with Crippen LogP contribution in [0, 0.1) is 0 Å². The monoisotopic (exact) mass is 269 g/mol. The summed E-state index contributed by atoms with van der Waals surface area (Å²) in [5.41, 5.74) is 6.47. The van der Waals surface area contributed by atoms with Gasteiger partial charge in [0.2, 0.25) is 0 Å². The maximum absolute atomic E-state index is 12.4. The summed E-state index contributed by atoms with van der Waals surface area (Å²) in [5.74, 6) is 0.636. The Morgan fingerprint density at radius 3 is 2.42 bits per heavy atom. The SMILES string of the molecule is CCC(N)c1ncc(-c2ccc(C(F)(F)F)cc2)[nH]1. The van der Waals surface area contributed by atoms with Crippen LogP contribution in [0.2, 0.25) is 0 Å². The predicted molar refractivity (Wildman–Crippen MR) is 66.2 cm³/mol. The van der Waals surface area contributed by atoms with Crippen LogP contribution in [0.25, 0.3) is 11.3 Å². The van der Waals surface area contributed by atoms with Crippen LogP contribution >= 0.6 is 0 Å². The molecule has 3 nitrogen and oxygen atoms in total. The molecule has 0 amide bonds. The molecule has 0 saturated carbocycles. The fourth-order valence-electron chi connectivity index (χ4n) is 1.70. The van der Waals surface area contributed by atoms with Crippen molar-refractivity contribution in [1.82, 2.24) is 9.97 Å². The number of imidazole rings is 1. The highest BCUT2D eigenvalue weighted by atomic mass is 19.4. The van der Waals surface area contributed by atoms with Crippen LogP contribution in [0.5, 0.6) is 0 Å². The van der Waals surface area contributed by atoms with Gasteiger partial charge in [0, 0.05) is 0 Å². The van der Waals surface area contributed by atoms with Crippen LogP contribution in [0.1, 0.15) is 30.8 Å². The van der Waals surface area contributed by atoms with Crippen molar-refractivity contribution >= 4 is 0 Å². The number of aromatic amines is 1. The lowest BCUT2D eigenvalue weighted by molar-refractivity contribution is -0.137. The van der Waals surface area contributed by atoms with E-state index in [0.717, 1.165) is 18.6 Å². The Morgan fingerprint density at radius 2 is 1.89 bits per heavy atom. The minimum atomic E-state index is -4.32. The molecule has 1 atom stereocenters. The average molecular weight is 269 g/mol. The molecule has 2 rings (SSSR count). The molecule has 1 aromatic heterocycles. The van der Waals surface area contributed by atoms with Crippen molar-refractivity contribution in [3.63, 3.8) is 0 Å². The lowest BCUT2D eigenvalue weighted by atomic mass is 10.1. The van der Waals surface area contributed by atoms with Crippen molar-refractivity contribution in [2.24, 2.45) is 5.73 Å². The lowest BCUT2D eigenvalue weighted by Gasteiger charge is -2.07. The first-order valence-corrected chi connectivity index (χ1v) is 5.90. The zero-order chi connectivity index (χ0) is 14.0. The number of H-pyrrole nitrogens is 1. The molecule has 0 fully saturated rings. The molecule has 0 aliphatic carbocycles. The summed E-state index contributed by atoms with van der Waals surface area (Å²) in [4.78, 5) is 7.15. The van der Waals surface area contributed by atoms with Gasteiger partial charge in [-0.3, -0.25) is 0 Å². The Balaban J connectivity index is 2.25. The van der Waals surface area contributed by atoms with Crippen molar-refractivity contribution in [3.8, 4) is 11.3 Å². The van der Waals surface area contributed by atoms with E-state index in [1.807, 2.05) is 6.92 Å². The Labute approximate surface area is 108 Å².